The summed E-state index contributed by atoms with van der Waals surface area (Å²) in [4.78, 5) is 33.3. The Morgan fingerprint density at radius 2 is 1.81 bits per heavy atom. The van der Waals surface area contributed by atoms with Crippen LogP contribution in [0.3, 0.4) is 0 Å². The number of rotatable bonds is 7. The largest absolute Gasteiger partial charge is 0.493 e. The Morgan fingerprint density at radius 1 is 1.00 bits per heavy atom. The lowest BCUT2D eigenvalue weighted by Gasteiger charge is -2.18. The molecule has 2 heterocycles. The van der Waals surface area contributed by atoms with E-state index < -0.39 is 0 Å². The van der Waals surface area contributed by atoms with Gasteiger partial charge in [0.1, 0.15) is 5.82 Å². The lowest BCUT2D eigenvalue weighted by atomic mass is 10.1. The minimum atomic E-state index is -0.346. The van der Waals surface area contributed by atoms with Crippen molar-refractivity contribution in [1.29, 1.82) is 0 Å². The van der Waals surface area contributed by atoms with Crippen LogP contribution in [0.25, 0.3) is 0 Å². The van der Waals surface area contributed by atoms with Crippen LogP contribution < -0.4 is 19.7 Å². The third-order valence-electron chi connectivity index (χ3n) is 5.24. The number of carbonyl (C=O) groups excluding carboxylic acids is 2. The second kappa shape index (κ2) is 9.38. The number of urea groups is 1. The van der Waals surface area contributed by atoms with Crippen molar-refractivity contribution in [3.63, 3.8) is 0 Å². The van der Waals surface area contributed by atoms with Gasteiger partial charge in [0.15, 0.2) is 11.5 Å². The average molecular weight is 432 g/mol. The van der Waals surface area contributed by atoms with Crippen molar-refractivity contribution < 1.29 is 19.1 Å². The van der Waals surface area contributed by atoms with E-state index in [4.69, 9.17) is 9.47 Å². The topological polar surface area (TPSA) is 84.0 Å². The predicted octanol–water partition coefficient (Wildman–Crippen LogP) is 3.79. The summed E-state index contributed by atoms with van der Waals surface area (Å²) in [7, 11) is 3.00. The first-order valence-corrected chi connectivity index (χ1v) is 10.2. The molecular formula is C24H24N4O4. The fraction of sp³-hybridized carbons (Fsp3) is 0.208. The van der Waals surface area contributed by atoms with Gasteiger partial charge in [-0.1, -0.05) is 36.4 Å². The van der Waals surface area contributed by atoms with Crippen molar-refractivity contribution >= 4 is 23.4 Å². The molecular weight excluding hydrogens is 408 g/mol. The van der Waals surface area contributed by atoms with Crippen molar-refractivity contribution in [1.82, 2.24) is 9.88 Å². The molecule has 1 aliphatic heterocycles. The molecule has 0 radical (unpaired) electrons. The van der Waals surface area contributed by atoms with Crippen LogP contribution in [0.1, 0.15) is 15.9 Å². The molecule has 1 aromatic heterocycles. The number of nitrogens with zero attached hydrogens (tertiary/aromatic N) is 3. The third kappa shape index (κ3) is 4.34. The number of pyridine rings is 1. The number of amides is 3. The van der Waals surface area contributed by atoms with Crippen molar-refractivity contribution in [2.24, 2.45) is 0 Å². The van der Waals surface area contributed by atoms with E-state index in [0.717, 1.165) is 5.56 Å². The molecule has 0 bridgehead atoms. The molecule has 1 saturated heterocycles. The fourth-order valence-corrected chi connectivity index (χ4v) is 3.63. The van der Waals surface area contributed by atoms with E-state index in [0.29, 0.717) is 48.2 Å². The van der Waals surface area contributed by atoms with E-state index >= 15 is 0 Å². The van der Waals surface area contributed by atoms with Crippen LogP contribution >= 0.6 is 0 Å². The molecule has 0 saturated carbocycles. The first-order chi connectivity index (χ1) is 15.6. The monoisotopic (exact) mass is 432 g/mol. The van der Waals surface area contributed by atoms with Gasteiger partial charge in [-0.2, -0.15) is 0 Å². The SMILES string of the molecule is COc1cccc(C(=O)Nc2ccc(N3CCN(Cc4ccccc4)C3=O)nc2)c1OC. The van der Waals surface area contributed by atoms with E-state index in [9.17, 15) is 9.59 Å². The number of benzene rings is 2. The van der Waals surface area contributed by atoms with Crippen LogP contribution in [0.2, 0.25) is 0 Å². The van der Waals surface area contributed by atoms with Crippen LogP contribution in [0.15, 0.2) is 66.9 Å². The molecule has 8 nitrogen and oxygen atoms in total. The zero-order chi connectivity index (χ0) is 22.5. The van der Waals surface area contributed by atoms with Gasteiger partial charge in [-0.05, 0) is 29.8 Å². The number of carbonyl (C=O) groups is 2. The highest BCUT2D eigenvalue weighted by Gasteiger charge is 2.30. The maximum Gasteiger partial charge on any atom is 0.326 e. The Labute approximate surface area is 186 Å². The zero-order valence-corrected chi connectivity index (χ0v) is 17.9. The van der Waals surface area contributed by atoms with Gasteiger partial charge in [-0.15, -0.1) is 0 Å². The van der Waals surface area contributed by atoms with Gasteiger partial charge < -0.3 is 19.7 Å². The molecule has 0 atom stereocenters. The number of hydrogen-bond donors (Lipinski definition) is 1. The smallest absolute Gasteiger partial charge is 0.326 e. The highest BCUT2D eigenvalue weighted by atomic mass is 16.5. The standard InChI is InChI=1S/C24H24N4O4/c1-31-20-10-6-9-19(22(20)32-2)23(29)26-18-11-12-21(25-15-18)28-14-13-27(24(28)30)16-17-7-4-3-5-8-17/h3-12,15H,13-14,16H2,1-2H3,(H,26,29). The summed E-state index contributed by atoms with van der Waals surface area (Å²) < 4.78 is 10.6. The molecule has 8 heteroatoms. The van der Waals surface area contributed by atoms with Gasteiger partial charge in [0.25, 0.3) is 5.91 Å². The van der Waals surface area contributed by atoms with Crippen molar-refractivity contribution in [3.8, 4) is 11.5 Å². The van der Waals surface area contributed by atoms with Crippen molar-refractivity contribution in [2.45, 2.75) is 6.54 Å². The first-order valence-electron chi connectivity index (χ1n) is 10.2. The van der Waals surface area contributed by atoms with E-state index in [-0.39, 0.29) is 11.9 Å². The van der Waals surface area contributed by atoms with E-state index in [2.05, 4.69) is 10.3 Å². The highest BCUT2D eigenvalue weighted by molar-refractivity contribution is 6.06. The molecule has 4 rings (SSSR count). The van der Waals surface area contributed by atoms with Crippen molar-refractivity contribution in [2.75, 3.05) is 37.5 Å². The molecule has 32 heavy (non-hydrogen) atoms. The number of hydrogen-bond acceptors (Lipinski definition) is 5. The molecule has 3 amide bonds. The minimum absolute atomic E-state index is 0.0840. The minimum Gasteiger partial charge on any atom is -0.493 e. The summed E-state index contributed by atoms with van der Waals surface area (Å²) in [5, 5.41) is 2.80. The third-order valence-corrected chi connectivity index (χ3v) is 5.24. The number of ether oxygens (including phenoxy) is 2. The average Bonchev–Trinajstić information content (AvgIpc) is 3.19. The summed E-state index contributed by atoms with van der Waals surface area (Å²) in [5.41, 5.74) is 1.94. The molecule has 2 aromatic carbocycles. The van der Waals surface area contributed by atoms with Crippen LogP contribution in [-0.2, 0) is 6.54 Å². The van der Waals surface area contributed by atoms with Crippen LogP contribution in [0.4, 0.5) is 16.3 Å². The molecule has 1 aliphatic rings. The predicted molar refractivity (Wildman–Crippen MR) is 121 cm³/mol. The van der Waals surface area contributed by atoms with E-state index in [1.54, 1.807) is 40.1 Å². The number of aromatic nitrogens is 1. The number of para-hydroxylation sites is 1. The highest BCUT2D eigenvalue weighted by Crippen LogP contribution is 2.31. The second-order valence-corrected chi connectivity index (χ2v) is 7.24. The van der Waals surface area contributed by atoms with Gasteiger partial charge in [-0.3, -0.25) is 9.69 Å². The van der Waals surface area contributed by atoms with Crippen LogP contribution in [0.5, 0.6) is 11.5 Å². The first kappa shape index (κ1) is 21.2. The Hall–Kier alpha value is -4.07. The summed E-state index contributed by atoms with van der Waals surface area (Å²) in [6.45, 7) is 1.75. The van der Waals surface area contributed by atoms with Gasteiger partial charge in [0.05, 0.1) is 31.7 Å². The zero-order valence-electron chi connectivity index (χ0n) is 17.9. The Bertz CT molecular complexity index is 1100. The lowest BCUT2D eigenvalue weighted by molar-refractivity contribution is 0.102. The Morgan fingerprint density at radius 3 is 2.50 bits per heavy atom. The van der Waals surface area contributed by atoms with Gasteiger partial charge in [0.2, 0.25) is 0 Å². The maximum atomic E-state index is 12.8. The second-order valence-electron chi connectivity index (χ2n) is 7.24. The fourth-order valence-electron chi connectivity index (χ4n) is 3.63. The number of nitrogens with one attached hydrogen (secondary N) is 1. The van der Waals surface area contributed by atoms with Crippen molar-refractivity contribution in [3.05, 3.63) is 78.0 Å². The van der Waals surface area contributed by atoms with E-state index in [1.165, 1.54) is 20.4 Å². The molecule has 0 spiro atoms. The van der Waals surface area contributed by atoms with Crippen LogP contribution in [0, 0.1) is 0 Å². The van der Waals surface area contributed by atoms with Gasteiger partial charge >= 0.3 is 6.03 Å². The summed E-state index contributed by atoms with van der Waals surface area (Å²) in [6.07, 6.45) is 1.53. The molecule has 1 N–H and O–H groups in total. The summed E-state index contributed by atoms with van der Waals surface area (Å²) in [6, 6.07) is 18.3. The molecule has 1 fully saturated rings. The Kier molecular flexibility index (Phi) is 6.21. The number of anilines is 2. The maximum absolute atomic E-state index is 12.8. The molecule has 0 aliphatic carbocycles. The molecule has 3 aromatic rings. The quantitative estimate of drug-likeness (QED) is 0.614. The van der Waals surface area contributed by atoms with E-state index in [1.807, 2.05) is 30.3 Å². The molecule has 0 unspecified atom stereocenters. The summed E-state index contributed by atoms with van der Waals surface area (Å²) >= 11 is 0. The van der Waals surface area contributed by atoms with Gasteiger partial charge in [0, 0.05) is 19.6 Å². The normalized spacial score (nSPS) is 13.2. The number of methoxy groups -OCH3 is 2. The van der Waals surface area contributed by atoms with Gasteiger partial charge in [-0.25, -0.2) is 9.78 Å². The summed E-state index contributed by atoms with van der Waals surface area (Å²) in [5.74, 6) is 1.03. The lowest BCUT2D eigenvalue weighted by Crippen LogP contribution is -2.31. The Balaban J connectivity index is 1.43. The molecule has 164 valence electrons. The van der Waals surface area contributed by atoms with Crippen LogP contribution in [-0.4, -0.2) is 49.1 Å².